The van der Waals surface area contributed by atoms with Crippen LogP contribution in [0.1, 0.15) is 0 Å². The second kappa shape index (κ2) is 2.27. The maximum Gasteiger partial charge on any atom is -0.0196 e. The fraction of sp³-hybridized carbons (Fsp3) is 0. The molecule has 0 aliphatic carbocycles. The molecule has 0 spiro atoms. The van der Waals surface area contributed by atoms with E-state index in [9.17, 15) is 0 Å². The highest BCUT2D eigenvalue weighted by atomic mass is 14.5. The minimum absolute atomic E-state index is 0.600. The lowest BCUT2D eigenvalue weighted by Gasteiger charge is -2.06. The first kappa shape index (κ1) is 6.23. The lowest BCUT2D eigenvalue weighted by Crippen LogP contribution is -1.69. The summed E-state index contributed by atoms with van der Waals surface area (Å²) in [6, 6.07) is 13.7. The van der Waals surface area contributed by atoms with Crippen LogP contribution in [0, 0.1) is 0 Å². The van der Waals surface area contributed by atoms with E-state index >= 15 is 0 Å². The van der Waals surface area contributed by atoms with Crippen molar-refractivity contribution in [3.05, 3.63) is 48.2 Å². The maximum absolute atomic E-state index is 7.56. The van der Waals surface area contributed by atoms with Crippen molar-refractivity contribution < 1.29 is 0 Å². The van der Waals surface area contributed by atoms with Crippen LogP contribution in [0.15, 0.2) is 42.5 Å². The molecule has 0 saturated heterocycles. The van der Waals surface area contributed by atoms with Gasteiger partial charge in [-0.1, -0.05) is 42.5 Å². The van der Waals surface area contributed by atoms with E-state index in [1.165, 1.54) is 0 Å². The zero-order chi connectivity index (χ0) is 7.68. The van der Waals surface area contributed by atoms with Gasteiger partial charge >= 0.3 is 0 Å². The summed E-state index contributed by atoms with van der Waals surface area (Å²) < 4.78 is 0. The van der Waals surface area contributed by atoms with Gasteiger partial charge in [-0.3, -0.25) is 0 Å². The normalized spacial score (nSPS) is 10.2. The fourth-order valence-corrected chi connectivity index (χ4v) is 1.23. The van der Waals surface area contributed by atoms with Gasteiger partial charge in [-0.25, -0.2) is 0 Å². The Morgan fingerprint density at radius 3 is 2.36 bits per heavy atom. The molecule has 0 radical (unpaired) electrons. The first-order valence-electron chi connectivity index (χ1n) is 3.57. The number of rotatable bonds is 0. The zero-order valence-corrected chi connectivity index (χ0v) is 6.04. The van der Waals surface area contributed by atoms with Crippen LogP contribution in [0.5, 0.6) is 0 Å². The second-order valence-corrected chi connectivity index (χ2v) is 2.53. The van der Waals surface area contributed by atoms with Crippen molar-refractivity contribution in [2.75, 3.05) is 0 Å². The zero-order valence-electron chi connectivity index (χ0n) is 6.04. The maximum atomic E-state index is 7.56. The SMILES string of the molecule is [NH-]c1cccc2ccccc12. The molecule has 54 valence electrons. The third kappa shape index (κ3) is 0.944. The molecule has 0 fully saturated rings. The Labute approximate surface area is 65.5 Å². The predicted molar refractivity (Wildman–Crippen MR) is 47.9 cm³/mol. The largest absolute Gasteiger partial charge is 0.698 e. The van der Waals surface area contributed by atoms with E-state index in [0.717, 1.165) is 10.8 Å². The molecule has 1 N–H and O–H groups in total. The van der Waals surface area contributed by atoms with E-state index < -0.39 is 0 Å². The monoisotopic (exact) mass is 142 g/mol. The summed E-state index contributed by atoms with van der Waals surface area (Å²) in [5, 5.41) is 2.16. The average Bonchev–Trinajstić information content (AvgIpc) is 2.06. The summed E-state index contributed by atoms with van der Waals surface area (Å²) in [7, 11) is 0. The molecule has 0 saturated carbocycles. The third-order valence-corrected chi connectivity index (χ3v) is 1.79. The molecule has 2 aromatic carbocycles. The molecule has 0 heterocycles. The molecule has 2 aromatic rings. The van der Waals surface area contributed by atoms with E-state index in [1.807, 2.05) is 42.5 Å². The molecule has 0 aliphatic rings. The predicted octanol–water partition coefficient (Wildman–Crippen LogP) is 3.52. The summed E-state index contributed by atoms with van der Waals surface area (Å²) in [5.74, 6) is 0. The van der Waals surface area contributed by atoms with Crippen LogP contribution in [0.4, 0.5) is 5.69 Å². The van der Waals surface area contributed by atoms with Gasteiger partial charge in [0.15, 0.2) is 0 Å². The van der Waals surface area contributed by atoms with E-state index in [-0.39, 0.29) is 0 Å². The molecule has 11 heavy (non-hydrogen) atoms. The van der Waals surface area contributed by atoms with Crippen molar-refractivity contribution in [3.8, 4) is 0 Å². The molecule has 0 bridgehead atoms. The molecule has 0 aliphatic heterocycles. The summed E-state index contributed by atoms with van der Waals surface area (Å²) in [4.78, 5) is 0. The van der Waals surface area contributed by atoms with Crippen molar-refractivity contribution in [3.63, 3.8) is 0 Å². The highest BCUT2D eigenvalue weighted by molar-refractivity contribution is 5.93. The van der Waals surface area contributed by atoms with Crippen LogP contribution in [-0.2, 0) is 0 Å². The van der Waals surface area contributed by atoms with Gasteiger partial charge in [-0.15, -0.1) is 5.69 Å². The van der Waals surface area contributed by atoms with Crippen LogP contribution in [0.25, 0.3) is 16.5 Å². The summed E-state index contributed by atoms with van der Waals surface area (Å²) in [6.07, 6.45) is 0. The lowest BCUT2D eigenvalue weighted by atomic mass is 10.1. The number of hydrogen-bond donors (Lipinski definition) is 0. The molecule has 0 atom stereocenters. The van der Waals surface area contributed by atoms with Gasteiger partial charge in [0, 0.05) is 0 Å². The Morgan fingerprint density at radius 2 is 1.55 bits per heavy atom. The summed E-state index contributed by atoms with van der Waals surface area (Å²) in [6.45, 7) is 0. The van der Waals surface area contributed by atoms with Crippen molar-refractivity contribution in [1.82, 2.24) is 0 Å². The number of fused-ring (bicyclic) bond motifs is 1. The quantitative estimate of drug-likeness (QED) is 0.537. The average molecular weight is 142 g/mol. The first-order valence-corrected chi connectivity index (χ1v) is 3.57. The molecule has 0 unspecified atom stereocenters. The van der Waals surface area contributed by atoms with Gasteiger partial charge in [0.25, 0.3) is 0 Å². The Kier molecular flexibility index (Phi) is 1.29. The summed E-state index contributed by atoms with van der Waals surface area (Å²) in [5.41, 5.74) is 8.16. The van der Waals surface area contributed by atoms with Crippen molar-refractivity contribution in [2.45, 2.75) is 0 Å². The number of nitrogens with one attached hydrogen (secondary N) is 1. The Bertz CT molecular complexity index is 374. The highest BCUT2D eigenvalue weighted by Crippen LogP contribution is 2.23. The van der Waals surface area contributed by atoms with Crippen molar-refractivity contribution in [2.24, 2.45) is 0 Å². The number of hydrogen-bond acceptors (Lipinski definition) is 0. The van der Waals surface area contributed by atoms with Crippen LogP contribution in [0.3, 0.4) is 0 Å². The van der Waals surface area contributed by atoms with Crippen molar-refractivity contribution >= 4 is 16.5 Å². The van der Waals surface area contributed by atoms with Crippen molar-refractivity contribution in [1.29, 1.82) is 0 Å². The Morgan fingerprint density at radius 1 is 0.818 bits per heavy atom. The second-order valence-electron chi connectivity index (χ2n) is 2.53. The topological polar surface area (TPSA) is 23.8 Å². The fourth-order valence-electron chi connectivity index (χ4n) is 1.23. The van der Waals surface area contributed by atoms with Gasteiger partial charge in [0.05, 0.1) is 0 Å². The molecular formula is C10H8N-. The Balaban J connectivity index is 2.91. The van der Waals surface area contributed by atoms with E-state index in [1.54, 1.807) is 0 Å². The van der Waals surface area contributed by atoms with Gasteiger partial charge < -0.3 is 5.73 Å². The summed E-state index contributed by atoms with van der Waals surface area (Å²) >= 11 is 0. The van der Waals surface area contributed by atoms with E-state index in [4.69, 9.17) is 5.73 Å². The highest BCUT2D eigenvalue weighted by Gasteiger charge is 1.88. The van der Waals surface area contributed by atoms with Crippen LogP contribution in [-0.4, -0.2) is 0 Å². The molecule has 0 aromatic heterocycles. The molecule has 0 amide bonds. The standard InChI is InChI=1S/C10H8N/c11-10-7-3-5-8-4-1-2-6-9(8)10/h1-7,11H/q-1. The minimum atomic E-state index is 0.600. The van der Waals surface area contributed by atoms with Gasteiger partial charge in [0.1, 0.15) is 0 Å². The third-order valence-electron chi connectivity index (χ3n) is 1.79. The first-order chi connectivity index (χ1) is 5.38. The van der Waals surface area contributed by atoms with E-state index in [2.05, 4.69) is 0 Å². The van der Waals surface area contributed by atoms with Gasteiger partial charge in [0.2, 0.25) is 0 Å². The van der Waals surface area contributed by atoms with Crippen LogP contribution < -0.4 is 0 Å². The lowest BCUT2D eigenvalue weighted by molar-refractivity contribution is 1.76. The van der Waals surface area contributed by atoms with Gasteiger partial charge in [-0.05, 0) is 10.8 Å². The Hall–Kier alpha value is -1.50. The minimum Gasteiger partial charge on any atom is -0.698 e. The molecule has 2 rings (SSSR count). The molecular weight excluding hydrogens is 134 g/mol. The van der Waals surface area contributed by atoms with Crippen LogP contribution >= 0.6 is 0 Å². The van der Waals surface area contributed by atoms with E-state index in [0.29, 0.717) is 5.69 Å². The van der Waals surface area contributed by atoms with Crippen LogP contribution in [0.2, 0.25) is 0 Å². The number of benzene rings is 2. The molecule has 1 nitrogen and oxygen atoms in total. The van der Waals surface area contributed by atoms with Gasteiger partial charge in [-0.2, -0.15) is 0 Å². The molecule has 1 heteroatoms. The smallest absolute Gasteiger partial charge is 0.0196 e.